The van der Waals surface area contributed by atoms with Crippen molar-refractivity contribution in [3.63, 3.8) is 0 Å². The molecule has 0 saturated carbocycles. The molecule has 3 atom stereocenters. The average Bonchev–Trinajstić information content (AvgIpc) is 3.06. The molecule has 1 N–H and O–H groups in total. The van der Waals surface area contributed by atoms with Gasteiger partial charge in [0.2, 0.25) is 0 Å². The number of halogens is 2. The third-order valence-electron chi connectivity index (χ3n) is 5.22. The Kier molecular flexibility index (Phi) is 3.80. The Morgan fingerprint density at radius 2 is 1.92 bits per heavy atom. The van der Waals surface area contributed by atoms with Crippen molar-refractivity contribution in [1.29, 1.82) is 0 Å². The number of anilines is 1. The maximum atomic E-state index is 14.3. The Balaban J connectivity index is 1.79. The Labute approximate surface area is 140 Å². The second-order valence-corrected chi connectivity index (χ2v) is 7.03. The smallest absolute Gasteiger partial charge is 0.128 e. The summed E-state index contributed by atoms with van der Waals surface area (Å²) in [6, 6.07) is 9.70. The van der Waals surface area contributed by atoms with Crippen LogP contribution in [0.4, 0.5) is 14.5 Å². The second kappa shape index (κ2) is 5.85. The van der Waals surface area contributed by atoms with Crippen LogP contribution in [0.2, 0.25) is 0 Å². The maximum absolute atomic E-state index is 14.3. The molecule has 1 fully saturated rings. The predicted molar refractivity (Wildman–Crippen MR) is 90.1 cm³/mol. The molecule has 2 aromatic carbocycles. The number of fused-ring (bicyclic) bond motifs is 3. The summed E-state index contributed by atoms with van der Waals surface area (Å²) in [6.45, 7) is 4.97. The molecule has 4 rings (SSSR count). The highest BCUT2D eigenvalue weighted by Crippen LogP contribution is 2.50. The minimum Gasteiger partial charge on any atom is -0.377 e. The van der Waals surface area contributed by atoms with E-state index in [1.165, 1.54) is 17.7 Å². The van der Waals surface area contributed by atoms with Crippen molar-refractivity contribution in [2.45, 2.75) is 38.3 Å². The number of rotatable bonds is 2. The van der Waals surface area contributed by atoms with Crippen LogP contribution < -0.4 is 5.32 Å². The quantitative estimate of drug-likeness (QED) is 0.804. The number of benzene rings is 2. The zero-order valence-corrected chi connectivity index (χ0v) is 13.9. The third-order valence-corrected chi connectivity index (χ3v) is 5.22. The monoisotopic (exact) mass is 329 g/mol. The summed E-state index contributed by atoms with van der Waals surface area (Å²) in [6.07, 6.45) is 0.775. The van der Waals surface area contributed by atoms with Crippen LogP contribution in [0.15, 0.2) is 36.4 Å². The van der Waals surface area contributed by atoms with Crippen molar-refractivity contribution in [2.24, 2.45) is 5.92 Å². The molecule has 24 heavy (non-hydrogen) atoms. The number of hydrogen-bond donors (Lipinski definition) is 1. The lowest BCUT2D eigenvalue weighted by atomic mass is 9.80. The average molecular weight is 329 g/mol. The molecule has 0 aliphatic carbocycles. The van der Waals surface area contributed by atoms with Gasteiger partial charge in [-0.2, -0.15) is 0 Å². The highest BCUT2D eigenvalue weighted by molar-refractivity contribution is 5.59. The van der Waals surface area contributed by atoms with Crippen molar-refractivity contribution >= 4 is 5.69 Å². The van der Waals surface area contributed by atoms with Crippen LogP contribution in [0.5, 0.6) is 0 Å². The molecule has 0 aromatic heterocycles. The molecule has 126 valence electrons. The molecular formula is C20H21F2NO. The van der Waals surface area contributed by atoms with Gasteiger partial charge in [0.1, 0.15) is 11.6 Å². The van der Waals surface area contributed by atoms with Crippen LogP contribution in [0.3, 0.4) is 0 Å². The van der Waals surface area contributed by atoms with Gasteiger partial charge in [0, 0.05) is 29.3 Å². The fraction of sp³-hybridized carbons (Fsp3) is 0.400. The lowest BCUT2D eigenvalue weighted by Gasteiger charge is -2.37. The normalized spacial score (nSPS) is 25.3. The predicted octanol–water partition coefficient (Wildman–Crippen LogP) is 5.33. The standard InChI is InChI=1S/C20H21F2NO/c1-11(2)12-3-6-18-16(9-12)20-14(7-8-24-20)19(23-18)15-10-13(21)4-5-17(15)22/h3-6,9-11,14,19-20,23H,7-8H2,1-2H3. The van der Waals surface area contributed by atoms with Gasteiger partial charge in [-0.05, 0) is 42.2 Å². The van der Waals surface area contributed by atoms with Crippen molar-refractivity contribution in [3.05, 3.63) is 64.7 Å². The van der Waals surface area contributed by atoms with E-state index in [1.54, 1.807) is 0 Å². The summed E-state index contributed by atoms with van der Waals surface area (Å²) in [5, 5.41) is 3.43. The first-order chi connectivity index (χ1) is 11.5. The molecule has 0 amide bonds. The topological polar surface area (TPSA) is 21.3 Å². The first-order valence-corrected chi connectivity index (χ1v) is 8.51. The molecule has 2 aliphatic rings. The zero-order chi connectivity index (χ0) is 16.8. The summed E-state index contributed by atoms with van der Waals surface area (Å²) in [5.41, 5.74) is 3.74. The van der Waals surface area contributed by atoms with E-state index in [2.05, 4.69) is 31.3 Å². The summed E-state index contributed by atoms with van der Waals surface area (Å²) in [4.78, 5) is 0. The van der Waals surface area contributed by atoms with Gasteiger partial charge in [-0.25, -0.2) is 8.78 Å². The van der Waals surface area contributed by atoms with Gasteiger partial charge in [-0.3, -0.25) is 0 Å². The SMILES string of the molecule is CC(C)c1ccc2c(c1)C1OCCC1C(c1cc(F)ccc1F)N2. The molecule has 0 bridgehead atoms. The highest BCUT2D eigenvalue weighted by atomic mass is 19.1. The third kappa shape index (κ3) is 2.49. The van der Waals surface area contributed by atoms with Gasteiger partial charge in [0.15, 0.2) is 0 Å². The molecule has 3 unspecified atom stereocenters. The van der Waals surface area contributed by atoms with Crippen LogP contribution in [0, 0.1) is 17.6 Å². The van der Waals surface area contributed by atoms with E-state index in [0.29, 0.717) is 18.1 Å². The van der Waals surface area contributed by atoms with Gasteiger partial charge in [0.05, 0.1) is 12.1 Å². The van der Waals surface area contributed by atoms with Crippen LogP contribution in [-0.4, -0.2) is 6.61 Å². The highest BCUT2D eigenvalue weighted by Gasteiger charge is 2.42. The lowest BCUT2D eigenvalue weighted by molar-refractivity contribution is 0.0825. The van der Waals surface area contributed by atoms with Crippen LogP contribution in [-0.2, 0) is 4.74 Å². The van der Waals surface area contributed by atoms with Gasteiger partial charge in [-0.15, -0.1) is 0 Å². The first kappa shape index (κ1) is 15.6. The summed E-state index contributed by atoms with van der Waals surface area (Å²) in [5.74, 6) is -0.240. The van der Waals surface area contributed by atoms with Crippen molar-refractivity contribution in [3.8, 4) is 0 Å². The molecule has 2 heterocycles. The maximum Gasteiger partial charge on any atom is 0.128 e. The van der Waals surface area contributed by atoms with E-state index in [9.17, 15) is 8.78 Å². The van der Waals surface area contributed by atoms with E-state index < -0.39 is 5.82 Å². The minimum absolute atomic E-state index is 0.0624. The zero-order valence-electron chi connectivity index (χ0n) is 13.9. The molecule has 4 heteroatoms. The van der Waals surface area contributed by atoms with E-state index in [-0.39, 0.29) is 23.9 Å². The summed E-state index contributed by atoms with van der Waals surface area (Å²) in [7, 11) is 0. The van der Waals surface area contributed by atoms with Gasteiger partial charge >= 0.3 is 0 Å². The van der Waals surface area contributed by atoms with E-state index in [4.69, 9.17) is 4.74 Å². The van der Waals surface area contributed by atoms with Crippen LogP contribution in [0.25, 0.3) is 0 Å². The molecule has 2 aromatic rings. The van der Waals surface area contributed by atoms with Gasteiger partial charge in [-0.1, -0.05) is 26.0 Å². The Morgan fingerprint density at radius 3 is 2.71 bits per heavy atom. The minimum atomic E-state index is -0.412. The Hall–Kier alpha value is -1.94. The van der Waals surface area contributed by atoms with E-state index in [1.807, 2.05) is 6.07 Å². The van der Waals surface area contributed by atoms with Crippen molar-refractivity contribution in [2.75, 3.05) is 11.9 Å². The van der Waals surface area contributed by atoms with Crippen LogP contribution >= 0.6 is 0 Å². The molecular weight excluding hydrogens is 308 g/mol. The number of nitrogens with one attached hydrogen (secondary N) is 1. The van der Waals surface area contributed by atoms with Gasteiger partial charge in [0.25, 0.3) is 0 Å². The number of ether oxygens (including phenoxy) is 1. The molecule has 0 spiro atoms. The summed E-state index contributed by atoms with van der Waals surface area (Å²) >= 11 is 0. The molecule has 2 nitrogen and oxygen atoms in total. The van der Waals surface area contributed by atoms with Gasteiger partial charge < -0.3 is 10.1 Å². The second-order valence-electron chi connectivity index (χ2n) is 7.03. The lowest BCUT2D eigenvalue weighted by Crippen LogP contribution is -2.30. The van der Waals surface area contributed by atoms with Crippen molar-refractivity contribution in [1.82, 2.24) is 0 Å². The fourth-order valence-corrected chi connectivity index (χ4v) is 3.91. The molecule has 2 aliphatic heterocycles. The van der Waals surface area contributed by atoms with Crippen LogP contribution in [0.1, 0.15) is 55.0 Å². The van der Waals surface area contributed by atoms with E-state index >= 15 is 0 Å². The number of hydrogen-bond acceptors (Lipinski definition) is 2. The fourth-order valence-electron chi connectivity index (χ4n) is 3.91. The molecule has 1 saturated heterocycles. The molecule has 0 radical (unpaired) electrons. The Bertz CT molecular complexity index is 774. The summed E-state index contributed by atoms with van der Waals surface area (Å²) < 4.78 is 34.0. The van der Waals surface area contributed by atoms with E-state index in [0.717, 1.165) is 23.7 Å². The van der Waals surface area contributed by atoms with Crippen molar-refractivity contribution < 1.29 is 13.5 Å². The Morgan fingerprint density at radius 1 is 1.08 bits per heavy atom. The largest absolute Gasteiger partial charge is 0.377 e. The first-order valence-electron chi connectivity index (χ1n) is 8.51.